The van der Waals surface area contributed by atoms with E-state index in [1.807, 2.05) is 11.0 Å². The molecule has 0 amide bonds. The first-order chi connectivity index (χ1) is 11.4. The van der Waals surface area contributed by atoms with Gasteiger partial charge in [-0.15, -0.1) is 0 Å². The smallest absolute Gasteiger partial charge is 0.243 e. The van der Waals surface area contributed by atoms with Crippen LogP contribution in [0.25, 0.3) is 0 Å². The molecule has 128 valence electrons. The second-order valence-corrected chi connectivity index (χ2v) is 8.20. The SMILES string of the molecule is O=S(=O)(c1cccc(F)c1)N1CCN(c2ccc(Cl)c(Cl)c2)CC1. The van der Waals surface area contributed by atoms with Crippen molar-refractivity contribution < 1.29 is 12.8 Å². The Kier molecular flexibility index (Phi) is 5.01. The van der Waals surface area contributed by atoms with E-state index in [2.05, 4.69) is 0 Å². The highest BCUT2D eigenvalue weighted by molar-refractivity contribution is 7.89. The van der Waals surface area contributed by atoms with Gasteiger partial charge in [0.2, 0.25) is 10.0 Å². The van der Waals surface area contributed by atoms with Gasteiger partial charge in [0.05, 0.1) is 14.9 Å². The molecule has 0 aromatic heterocycles. The minimum atomic E-state index is -3.69. The fraction of sp³-hybridized carbons (Fsp3) is 0.250. The Bertz CT molecular complexity index is 853. The van der Waals surface area contributed by atoms with Crippen LogP contribution in [0.5, 0.6) is 0 Å². The van der Waals surface area contributed by atoms with E-state index in [0.717, 1.165) is 11.8 Å². The second-order valence-electron chi connectivity index (χ2n) is 5.45. The lowest BCUT2D eigenvalue weighted by molar-refractivity contribution is 0.384. The number of benzene rings is 2. The Morgan fingerprint density at radius 1 is 0.917 bits per heavy atom. The van der Waals surface area contributed by atoms with E-state index in [4.69, 9.17) is 23.2 Å². The van der Waals surface area contributed by atoms with Crippen molar-refractivity contribution in [2.75, 3.05) is 31.1 Å². The first-order valence-corrected chi connectivity index (χ1v) is 9.53. The molecular weight excluding hydrogens is 374 g/mol. The summed E-state index contributed by atoms with van der Waals surface area (Å²) in [6, 6.07) is 10.4. The Morgan fingerprint density at radius 2 is 1.62 bits per heavy atom. The summed E-state index contributed by atoms with van der Waals surface area (Å²) in [5.41, 5.74) is 0.896. The third-order valence-corrected chi connectivity index (χ3v) is 6.57. The lowest BCUT2D eigenvalue weighted by Gasteiger charge is -2.35. The minimum absolute atomic E-state index is 0.0227. The number of piperazine rings is 1. The molecule has 0 aliphatic carbocycles. The molecule has 24 heavy (non-hydrogen) atoms. The molecule has 1 aliphatic rings. The van der Waals surface area contributed by atoms with Crippen molar-refractivity contribution in [1.82, 2.24) is 4.31 Å². The Morgan fingerprint density at radius 3 is 2.25 bits per heavy atom. The highest BCUT2D eigenvalue weighted by atomic mass is 35.5. The quantitative estimate of drug-likeness (QED) is 0.805. The molecule has 4 nitrogen and oxygen atoms in total. The molecule has 1 saturated heterocycles. The summed E-state index contributed by atoms with van der Waals surface area (Å²) >= 11 is 11.9. The van der Waals surface area contributed by atoms with Gasteiger partial charge in [-0.3, -0.25) is 0 Å². The molecule has 1 fully saturated rings. The fourth-order valence-electron chi connectivity index (χ4n) is 2.64. The molecule has 2 aromatic rings. The van der Waals surface area contributed by atoms with E-state index in [1.165, 1.54) is 22.5 Å². The van der Waals surface area contributed by atoms with Gasteiger partial charge in [0.25, 0.3) is 0 Å². The number of nitrogens with zero attached hydrogens (tertiary/aromatic N) is 2. The average Bonchev–Trinajstić information content (AvgIpc) is 2.57. The standard InChI is InChI=1S/C16H15Cl2FN2O2S/c17-15-5-4-13(11-16(15)18)20-6-8-21(9-7-20)24(22,23)14-3-1-2-12(19)10-14/h1-5,10-11H,6-9H2. The molecule has 1 aliphatic heterocycles. The topological polar surface area (TPSA) is 40.6 Å². The number of rotatable bonds is 3. The van der Waals surface area contributed by atoms with Gasteiger partial charge >= 0.3 is 0 Å². The van der Waals surface area contributed by atoms with Gasteiger partial charge in [0, 0.05) is 31.9 Å². The zero-order valence-electron chi connectivity index (χ0n) is 12.6. The van der Waals surface area contributed by atoms with E-state index in [1.54, 1.807) is 12.1 Å². The fourth-order valence-corrected chi connectivity index (χ4v) is 4.39. The molecule has 0 unspecified atom stereocenters. The molecular formula is C16H15Cl2FN2O2S. The van der Waals surface area contributed by atoms with Crippen molar-refractivity contribution in [2.45, 2.75) is 4.90 Å². The summed E-state index contributed by atoms with van der Waals surface area (Å²) in [5, 5.41) is 0.941. The van der Waals surface area contributed by atoms with Gasteiger partial charge in [-0.25, -0.2) is 12.8 Å². The summed E-state index contributed by atoms with van der Waals surface area (Å²) in [6.07, 6.45) is 0. The molecule has 8 heteroatoms. The molecule has 1 heterocycles. The highest BCUT2D eigenvalue weighted by Crippen LogP contribution is 2.28. The summed E-state index contributed by atoms with van der Waals surface area (Å²) in [5.74, 6) is -0.564. The van der Waals surface area contributed by atoms with Crippen molar-refractivity contribution in [2.24, 2.45) is 0 Å². The van der Waals surface area contributed by atoms with Crippen molar-refractivity contribution in [1.29, 1.82) is 0 Å². The second kappa shape index (κ2) is 6.88. The predicted octanol–water partition coefficient (Wildman–Crippen LogP) is 3.64. The Labute approximate surface area is 150 Å². The Hall–Kier alpha value is -1.34. The maximum atomic E-state index is 13.3. The maximum absolute atomic E-state index is 13.3. The van der Waals surface area contributed by atoms with Gasteiger partial charge in [-0.1, -0.05) is 29.3 Å². The molecule has 0 radical (unpaired) electrons. The lowest BCUT2D eigenvalue weighted by Crippen LogP contribution is -2.48. The van der Waals surface area contributed by atoms with Crippen molar-refractivity contribution in [3.05, 3.63) is 58.3 Å². The zero-order chi connectivity index (χ0) is 17.3. The summed E-state index contributed by atoms with van der Waals surface area (Å²) in [7, 11) is -3.69. The molecule has 0 spiro atoms. The van der Waals surface area contributed by atoms with Crippen LogP contribution < -0.4 is 4.90 Å². The lowest BCUT2D eigenvalue weighted by atomic mass is 10.2. The third-order valence-electron chi connectivity index (χ3n) is 3.94. The van der Waals surface area contributed by atoms with E-state index in [-0.39, 0.29) is 4.90 Å². The molecule has 0 N–H and O–H groups in total. The van der Waals surface area contributed by atoms with E-state index >= 15 is 0 Å². The van der Waals surface area contributed by atoms with Crippen LogP contribution in [0.2, 0.25) is 10.0 Å². The zero-order valence-corrected chi connectivity index (χ0v) is 15.0. The summed E-state index contributed by atoms with van der Waals surface area (Å²) < 4.78 is 39.8. The number of hydrogen-bond donors (Lipinski definition) is 0. The highest BCUT2D eigenvalue weighted by Gasteiger charge is 2.28. The van der Waals surface area contributed by atoms with Crippen LogP contribution in [-0.4, -0.2) is 38.9 Å². The molecule has 0 saturated carbocycles. The van der Waals surface area contributed by atoms with Crippen molar-refractivity contribution in [3.8, 4) is 0 Å². The number of anilines is 1. The maximum Gasteiger partial charge on any atom is 0.243 e. The molecule has 0 atom stereocenters. The molecule has 2 aromatic carbocycles. The van der Waals surface area contributed by atoms with Gasteiger partial charge in [0.15, 0.2) is 0 Å². The van der Waals surface area contributed by atoms with Gasteiger partial charge in [0.1, 0.15) is 5.82 Å². The normalized spacial score (nSPS) is 16.4. The predicted molar refractivity (Wildman–Crippen MR) is 93.8 cm³/mol. The van der Waals surface area contributed by atoms with E-state index in [0.29, 0.717) is 36.2 Å². The third kappa shape index (κ3) is 3.52. The number of halogens is 3. The first-order valence-electron chi connectivity index (χ1n) is 7.33. The van der Waals surface area contributed by atoms with Gasteiger partial charge in [-0.2, -0.15) is 4.31 Å². The summed E-state index contributed by atoms with van der Waals surface area (Å²) in [4.78, 5) is 2.02. The van der Waals surface area contributed by atoms with Crippen molar-refractivity contribution in [3.63, 3.8) is 0 Å². The van der Waals surface area contributed by atoms with E-state index < -0.39 is 15.8 Å². The monoisotopic (exact) mass is 388 g/mol. The van der Waals surface area contributed by atoms with Gasteiger partial charge in [-0.05, 0) is 36.4 Å². The van der Waals surface area contributed by atoms with Crippen LogP contribution in [0.4, 0.5) is 10.1 Å². The minimum Gasteiger partial charge on any atom is -0.369 e. The number of hydrogen-bond acceptors (Lipinski definition) is 3. The number of sulfonamides is 1. The Balaban J connectivity index is 1.73. The van der Waals surface area contributed by atoms with E-state index in [9.17, 15) is 12.8 Å². The average molecular weight is 389 g/mol. The van der Waals surface area contributed by atoms with Crippen LogP contribution >= 0.6 is 23.2 Å². The first kappa shape index (κ1) is 17.5. The summed E-state index contributed by atoms with van der Waals surface area (Å²) in [6.45, 7) is 1.68. The van der Waals surface area contributed by atoms with Crippen molar-refractivity contribution >= 4 is 38.9 Å². The van der Waals surface area contributed by atoms with Crippen LogP contribution in [0.15, 0.2) is 47.4 Å². The van der Waals surface area contributed by atoms with Gasteiger partial charge < -0.3 is 4.90 Å². The van der Waals surface area contributed by atoms with Crippen LogP contribution in [0, 0.1) is 5.82 Å². The molecule has 3 rings (SSSR count). The molecule has 0 bridgehead atoms. The van der Waals surface area contributed by atoms with Crippen LogP contribution in [0.3, 0.4) is 0 Å². The van der Waals surface area contributed by atoms with Crippen LogP contribution in [-0.2, 0) is 10.0 Å². The van der Waals surface area contributed by atoms with Crippen LogP contribution in [0.1, 0.15) is 0 Å². The largest absolute Gasteiger partial charge is 0.369 e.